The minimum atomic E-state index is -0.992. The number of nitro benzene ring substituents is 2. The van der Waals surface area contributed by atoms with E-state index in [1.807, 2.05) is 6.92 Å². The summed E-state index contributed by atoms with van der Waals surface area (Å²) in [6, 6.07) is 1.37. The highest BCUT2D eigenvalue weighted by molar-refractivity contribution is 5.75. The molecule has 0 amide bonds. The topological polar surface area (TPSA) is 133 Å². The van der Waals surface area contributed by atoms with Crippen molar-refractivity contribution in [3.8, 4) is 11.5 Å². The van der Waals surface area contributed by atoms with E-state index in [1.165, 1.54) is 0 Å². The van der Waals surface area contributed by atoms with Crippen LogP contribution in [0.5, 0.6) is 11.5 Å². The van der Waals surface area contributed by atoms with Crippen molar-refractivity contribution in [2.24, 2.45) is 5.92 Å². The number of carbonyl (C=O) groups excluding carboxylic acids is 1. The van der Waals surface area contributed by atoms with Crippen LogP contribution in [-0.4, -0.2) is 20.9 Å². The molecule has 1 unspecified atom stereocenters. The lowest BCUT2D eigenvalue weighted by atomic mass is 10.1. The Kier molecular flexibility index (Phi) is 5.17. The van der Waals surface area contributed by atoms with Gasteiger partial charge in [-0.05, 0) is 5.92 Å². The van der Waals surface area contributed by atoms with Crippen molar-refractivity contribution < 1.29 is 24.5 Å². The monoisotopic (exact) mass is 298 g/mol. The quantitative estimate of drug-likeness (QED) is 0.369. The molecule has 0 spiro atoms. The van der Waals surface area contributed by atoms with Gasteiger partial charge in [0.2, 0.25) is 5.75 Å². The van der Waals surface area contributed by atoms with Gasteiger partial charge in [0.15, 0.2) is 5.75 Å². The molecule has 0 fully saturated rings. The second kappa shape index (κ2) is 6.64. The normalized spacial score (nSPS) is 11.7. The van der Waals surface area contributed by atoms with Crippen LogP contribution in [0.4, 0.5) is 11.4 Å². The second-order valence-corrected chi connectivity index (χ2v) is 4.52. The Morgan fingerprint density at radius 2 is 1.95 bits per heavy atom. The number of carbonyl (C=O) groups is 1. The minimum absolute atomic E-state index is 0.0216. The first-order valence-corrected chi connectivity index (χ1v) is 6.12. The van der Waals surface area contributed by atoms with Crippen LogP contribution in [0.15, 0.2) is 12.1 Å². The van der Waals surface area contributed by atoms with E-state index in [4.69, 9.17) is 4.74 Å². The van der Waals surface area contributed by atoms with Crippen LogP contribution in [0, 0.1) is 26.1 Å². The summed E-state index contributed by atoms with van der Waals surface area (Å²) in [5, 5.41) is 31.1. The fourth-order valence-corrected chi connectivity index (χ4v) is 1.49. The number of nitrogens with zero attached hydrogens (tertiary/aromatic N) is 2. The first-order chi connectivity index (χ1) is 9.76. The van der Waals surface area contributed by atoms with Gasteiger partial charge in [0.05, 0.1) is 22.0 Å². The lowest BCUT2D eigenvalue weighted by Crippen LogP contribution is -2.12. The molecule has 0 radical (unpaired) electrons. The fraction of sp³-hybridized carbons (Fsp3) is 0.417. The van der Waals surface area contributed by atoms with Gasteiger partial charge in [0, 0.05) is 6.42 Å². The van der Waals surface area contributed by atoms with Gasteiger partial charge in [-0.15, -0.1) is 0 Å². The van der Waals surface area contributed by atoms with Gasteiger partial charge >= 0.3 is 11.7 Å². The van der Waals surface area contributed by atoms with Crippen LogP contribution in [-0.2, 0) is 4.79 Å². The highest BCUT2D eigenvalue weighted by Gasteiger charge is 2.26. The number of benzene rings is 1. The zero-order chi connectivity index (χ0) is 16.2. The Bertz CT molecular complexity index is 585. The average molecular weight is 298 g/mol. The molecule has 114 valence electrons. The Labute approximate surface area is 119 Å². The SMILES string of the molecule is CCC(C)CC(=O)Oc1cc([N+](=O)[O-])cc([N+](=O)[O-])c1O. The number of phenols is 1. The molecular weight excluding hydrogens is 284 g/mol. The van der Waals surface area contributed by atoms with E-state index in [0.717, 1.165) is 12.5 Å². The first-order valence-electron chi connectivity index (χ1n) is 6.12. The van der Waals surface area contributed by atoms with Crippen molar-refractivity contribution in [1.82, 2.24) is 0 Å². The third-order valence-electron chi connectivity index (χ3n) is 2.88. The summed E-state index contributed by atoms with van der Waals surface area (Å²) < 4.78 is 4.80. The number of rotatable bonds is 6. The van der Waals surface area contributed by atoms with Crippen molar-refractivity contribution in [1.29, 1.82) is 0 Å². The van der Waals surface area contributed by atoms with Crippen LogP contribution in [0.1, 0.15) is 26.7 Å². The van der Waals surface area contributed by atoms with Gasteiger partial charge in [0.25, 0.3) is 5.69 Å². The molecule has 0 saturated carbocycles. The summed E-state index contributed by atoms with van der Waals surface area (Å²) in [4.78, 5) is 31.2. The average Bonchev–Trinajstić information content (AvgIpc) is 2.40. The Morgan fingerprint density at radius 1 is 1.33 bits per heavy atom. The van der Waals surface area contributed by atoms with Crippen molar-refractivity contribution in [2.45, 2.75) is 26.7 Å². The van der Waals surface area contributed by atoms with E-state index in [1.54, 1.807) is 6.92 Å². The Balaban J connectivity index is 3.13. The summed E-state index contributed by atoms with van der Waals surface area (Å²) in [7, 11) is 0. The molecule has 9 heteroatoms. The van der Waals surface area contributed by atoms with E-state index in [-0.39, 0.29) is 12.3 Å². The second-order valence-electron chi connectivity index (χ2n) is 4.52. The predicted molar refractivity (Wildman–Crippen MR) is 71.1 cm³/mol. The van der Waals surface area contributed by atoms with Crippen LogP contribution in [0.2, 0.25) is 0 Å². The number of esters is 1. The van der Waals surface area contributed by atoms with Gasteiger partial charge in [0.1, 0.15) is 0 Å². The van der Waals surface area contributed by atoms with E-state index in [9.17, 15) is 30.1 Å². The lowest BCUT2D eigenvalue weighted by molar-refractivity contribution is -0.394. The highest BCUT2D eigenvalue weighted by Crippen LogP contribution is 2.39. The fourth-order valence-electron chi connectivity index (χ4n) is 1.49. The number of non-ortho nitro benzene ring substituents is 1. The molecule has 0 aliphatic heterocycles. The molecule has 1 rings (SSSR count). The van der Waals surface area contributed by atoms with Gasteiger partial charge in [-0.3, -0.25) is 25.0 Å². The number of hydrogen-bond acceptors (Lipinski definition) is 7. The van der Waals surface area contributed by atoms with Crippen LogP contribution >= 0.6 is 0 Å². The van der Waals surface area contributed by atoms with E-state index >= 15 is 0 Å². The molecule has 9 nitrogen and oxygen atoms in total. The zero-order valence-corrected chi connectivity index (χ0v) is 11.4. The van der Waals surface area contributed by atoms with Crippen molar-refractivity contribution in [2.75, 3.05) is 0 Å². The smallest absolute Gasteiger partial charge is 0.321 e. The van der Waals surface area contributed by atoms with Gasteiger partial charge in [-0.25, -0.2) is 0 Å². The number of phenolic OH excluding ortho intramolecular Hbond substituents is 1. The number of nitro groups is 2. The zero-order valence-electron chi connectivity index (χ0n) is 11.4. The molecule has 1 N–H and O–H groups in total. The molecule has 1 aromatic carbocycles. The maximum Gasteiger partial charge on any atom is 0.321 e. The van der Waals surface area contributed by atoms with E-state index in [0.29, 0.717) is 6.07 Å². The van der Waals surface area contributed by atoms with Crippen molar-refractivity contribution >= 4 is 17.3 Å². The maximum atomic E-state index is 11.6. The predicted octanol–water partition coefficient (Wildman–Crippen LogP) is 2.55. The summed E-state index contributed by atoms with van der Waals surface area (Å²) in [5.74, 6) is -2.21. The van der Waals surface area contributed by atoms with E-state index in [2.05, 4.69) is 0 Å². The van der Waals surface area contributed by atoms with E-state index < -0.39 is 38.7 Å². The van der Waals surface area contributed by atoms with Crippen LogP contribution < -0.4 is 4.74 Å². The molecule has 0 bridgehead atoms. The highest BCUT2D eigenvalue weighted by atomic mass is 16.6. The molecule has 21 heavy (non-hydrogen) atoms. The van der Waals surface area contributed by atoms with Gasteiger partial charge in [-0.2, -0.15) is 0 Å². The molecule has 1 aromatic rings. The number of ether oxygens (including phenoxy) is 1. The van der Waals surface area contributed by atoms with Crippen molar-refractivity contribution in [3.63, 3.8) is 0 Å². The molecule has 0 aliphatic rings. The molecule has 0 heterocycles. The first kappa shape index (κ1) is 16.3. The molecular formula is C12H14N2O7. The third-order valence-corrected chi connectivity index (χ3v) is 2.88. The minimum Gasteiger partial charge on any atom is -0.499 e. The van der Waals surface area contributed by atoms with Crippen molar-refractivity contribution in [3.05, 3.63) is 32.4 Å². The lowest BCUT2D eigenvalue weighted by Gasteiger charge is -2.09. The Morgan fingerprint density at radius 3 is 2.43 bits per heavy atom. The summed E-state index contributed by atoms with van der Waals surface area (Å²) in [6.45, 7) is 3.67. The number of hydrogen-bond donors (Lipinski definition) is 1. The van der Waals surface area contributed by atoms with Gasteiger partial charge < -0.3 is 9.84 Å². The van der Waals surface area contributed by atoms with Gasteiger partial charge in [-0.1, -0.05) is 20.3 Å². The van der Waals surface area contributed by atoms with Crippen LogP contribution in [0.3, 0.4) is 0 Å². The molecule has 0 saturated heterocycles. The maximum absolute atomic E-state index is 11.6. The number of aromatic hydroxyl groups is 1. The molecule has 0 aliphatic carbocycles. The molecule has 1 atom stereocenters. The standard InChI is InChI=1S/C12H14N2O7/c1-3-7(2)4-11(15)21-10-6-8(13(17)18)5-9(12(10)16)14(19)20/h5-7,16H,3-4H2,1-2H3. The molecule has 0 aromatic heterocycles. The largest absolute Gasteiger partial charge is 0.499 e. The summed E-state index contributed by atoms with van der Waals surface area (Å²) in [6.07, 6.45) is 0.753. The summed E-state index contributed by atoms with van der Waals surface area (Å²) >= 11 is 0. The third kappa shape index (κ3) is 4.13. The summed E-state index contributed by atoms with van der Waals surface area (Å²) in [5.41, 5.74) is -1.54. The van der Waals surface area contributed by atoms with Crippen LogP contribution in [0.25, 0.3) is 0 Å². The Hall–Kier alpha value is -2.71.